The van der Waals surface area contributed by atoms with Gasteiger partial charge in [0.05, 0.1) is 5.56 Å². The largest absolute Gasteiger partial charge is 0.479 e. The summed E-state index contributed by atoms with van der Waals surface area (Å²) in [5.41, 5.74) is -0.630. The first kappa shape index (κ1) is 13.5. The normalized spacial score (nSPS) is 13.4. The molecule has 0 radical (unpaired) electrons. The smallest absolute Gasteiger partial charge is 0.416 e. The van der Waals surface area contributed by atoms with E-state index in [4.69, 9.17) is 9.84 Å². The van der Waals surface area contributed by atoms with Gasteiger partial charge in [-0.2, -0.15) is 13.2 Å². The summed E-state index contributed by atoms with van der Waals surface area (Å²) < 4.78 is 41.8. The molecule has 94 valence electrons. The van der Waals surface area contributed by atoms with Gasteiger partial charge in [0.15, 0.2) is 6.10 Å². The number of ether oxygens (including phenoxy) is 1. The lowest BCUT2D eigenvalue weighted by atomic mass is 10.1. The van der Waals surface area contributed by atoms with E-state index < -0.39 is 23.8 Å². The molecule has 1 aromatic rings. The van der Waals surface area contributed by atoms with Crippen LogP contribution in [0.2, 0.25) is 0 Å². The Kier molecular flexibility index (Phi) is 4.11. The van der Waals surface area contributed by atoms with Gasteiger partial charge in [-0.05, 0) is 24.6 Å². The quantitative estimate of drug-likeness (QED) is 0.891. The van der Waals surface area contributed by atoms with Crippen LogP contribution in [0.25, 0.3) is 0 Å². The number of hydrogen-bond donors (Lipinski definition) is 1. The van der Waals surface area contributed by atoms with Crippen LogP contribution in [0.3, 0.4) is 0 Å². The summed E-state index contributed by atoms with van der Waals surface area (Å²) in [7, 11) is 0. The summed E-state index contributed by atoms with van der Waals surface area (Å²) in [6.07, 6.45) is -5.66. The first-order chi connectivity index (χ1) is 7.86. The lowest BCUT2D eigenvalue weighted by Gasteiger charge is -2.13. The Balaban J connectivity index is 2.96. The van der Waals surface area contributed by atoms with E-state index >= 15 is 0 Å². The zero-order valence-corrected chi connectivity index (χ0v) is 8.99. The highest BCUT2D eigenvalue weighted by Gasteiger charge is 2.30. The molecule has 1 rings (SSSR count). The highest BCUT2D eigenvalue weighted by Crippen LogP contribution is 2.30. The van der Waals surface area contributed by atoms with Crippen LogP contribution in [-0.4, -0.2) is 17.7 Å². The fraction of sp³-hybridized carbons (Fsp3) is 0.364. The molecule has 17 heavy (non-hydrogen) atoms. The number of benzene rings is 1. The van der Waals surface area contributed by atoms with Gasteiger partial charge in [-0.15, -0.1) is 0 Å². The van der Waals surface area contributed by atoms with Crippen LogP contribution in [0.15, 0.2) is 24.3 Å². The van der Waals surface area contributed by atoms with Gasteiger partial charge in [0.25, 0.3) is 0 Å². The van der Waals surface area contributed by atoms with Gasteiger partial charge in [0.2, 0.25) is 0 Å². The Morgan fingerprint density at radius 1 is 1.35 bits per heavy atom. The van der Waals surface area contributed by atoms with E-state index in [1.165, 1.54) is 0 Å². The van der Waals surface area contributed by atoms with Crippen molar-refractivity contribution in [1.82, 2.24) is 0 Å². The first-order valence-corrected chi connectivity index (χ1v) is 4.87. The van der Waals surface area contributed by atoms with Crippen LogP contribution in [0.5, 0.6) is 0 Å². The zero-order chi connectivity index (χ0) is 13.1. The third-order valence-electron chi connectivity index (χ3n) is 2.10. The van der Waals surface area contributed by atoms with E-state index in [1.807, 2.05) is 0 Å². The fourth-order valence-corrected chi connectivity index (χ4v) is 1.32. The number of carboxylic acids is 1. The zero-order valence-electron chi connectivity index (χ0n) is 8.99. The number of halogens is 3. The highest BCUT2D eigenvalue weighted by atomic mass is 19.4. The molecule has 0 aliphatic carbocycles. The molecule has 3 nitrogen and oxygen atoms in total. The highest BCUT2D eigenvalue weighted by molar-refractivity contribution is 5.74. The minimum absolute atomic E-state index is 0.165. The molecule has 1 N–H and O–H groups in total. The Labute approximate surface area is 95.8 Å². The van der Waals surface area contributed by atoms with Crippen molar-refractivity contribution in [1.29, 1.82) is 0 Å². The molecule has 0 fully saturated rings. The fourth-order valence-electron chi connectivity index (χ4n) is 1.32. The van der Waals surface area contributed by atoms with E-state index in [2.05, 4.69) is 0 Å². The van der Waals surface area contributed by atoms with Gasteiger partial charge in [-0.3, -0.25) is 0 Å². The average Bonchev–Trinajstić information content (AvgIpc) is 2.24. The van der Waals surface area contributed by atoms with Gasteiger partial charge in [0, 0.05) is 6.61 Å². The van der Waals surface area contributed by atoms with Gasteiger partial charge >= 0.3 is 12.1 Å². The van der Waals surface area contributed by atoms with Crippen molar-refractivity contribution in [3.05, 3.63) is 35.4 Å². The van der Waals surface area contributed by atoms with Crippen molar-refractivity contribution < 1.29 is 27.8 Å². The molecule has 0 aliphatic rings. The first-order valence-electron chi connectivity index (χ1n) is 4.87. The Morgan fingerprint density at radius 2 is 1.88 bits per heavy atom. The van der Waals surface area contributed by atoms with Crippen molar-refractivity contribution >= 4 is 5.97 Å². The van der Waals surface area contributed by atoms with E-state index in [1.54, 1.807) is 6.92 Å². The molecule has 1 atom stereocenters. The number of rotatable bonds is 4. The second-order valence-corrected chi connectivity index (χ2v) is 3.29. The molecule has 0 heterocycles. The number of hydrogen-bond acceptors (Lipinski definition) is 2. The molecule has 0 saturated heterocycles. The standard InChI is InChI=1S/C11H11F3O3/c1-2-17-9(10(15)16)7-3-5-8(6-4-7)11(12,13)14/h3-6,9H,2H2,1H3,(H,15,16). The lowest BCUT2D eigenvalue weighted by Crippen LogP contribution is -2.15. The van der Waals surface area contributed by atoms with Crippen molar-refractivity contribution in [2.24, 2.45) is 0 Å². The molecule has 0 spiro atoms. The van der Waals surface area contributed by atoms with Crippen LogP contribution in [0, 0.1) is 0 Å². The second kappa shape index (κ2) is 5.18. The summed E-state index contributed by atoms with van der Waals surface area (Å²) in [6, 6.07) is 3.89. The minimum atomic E-state index is -4.43. The van der Waals surface area contributed by atoms with Gasteiger partial charge in [-0.1, -0.05) is 12.1 Å². The summed E-state index contributed by atoms with van der Waals surface area (Å²) in [5.74, 6) is -1.23. The van der Waals surface area contributed by atoms with Gasteiger partial charge in [-0.25, -0.2) is 4.79 Å². The van der Waals surface area contributed by atoms with Crippen LogP contribution >= 0.6 is 0 Å². The number of carbonyl (C=O) groups is 1. The van der Waals surface area contributed by atoms with Crippen LogP contribution in [0.4, 0.5) is 13.2 Å². The van der Waals surface area contributed by atoms with Gasteiger partial charge < -0.3 is 9.84 Å². The van der Waals surface area contributed by atoms with Crippen LogP contribution in [0.1, 0.15) is 24.2 Å². The minimum Gasteiger partial charge on any atom is -0.479 e. The third kappa shape index (κ3) is 3.45. The molecule has 1 unspecified atom stereocenters. The van der Waals surface area contributed by atoms with Crippen molar-refractivity contribution in [3.8, 4) is 0 Å². The monoisotopic (exact) mass is 248 g/mol. The van der Waals surface area contributed by atoms with E-state index in [0.717, 1.165) is 24.3 Å². The Bertz CT molecular complexity index is 384. The van der Waals surface area contributed by atoms with Crippen LogP contribution < -0.4 is 0 Å². The second-order valence-electron chi connectivity index (χ2n) is 3.29. The number of carboxylic acid groups (broad SMARTS) is 1. The summed E-state index contributed by atoms with van der Waals surface area (Å²) in [6.45, 7) is 1.78. The lowest BCUT2D eigenvalue weighted by molar-refractivity contribution is -0.150. The van der Waals surface area contributed by atoms with Crippen molar-refractivity contribution in [2.75, 3.05) is 6.61 Å². The molecular formula is C11H11F3O3. The third-order valence-corrected chi connectivity index (χ3v) is 2.10. The maximum atomic E-state index is 12.3. The molecule has 0 saturated carbocycles. The molecule has 0 amide bonds. The SMILES string of the molecule is CCOC(C(=O)O)c1ccc(C(F)(F)F)cc1. The molecule has 0 aromatic heterocycles. The summed E-state index contributed by atoms with van der Waals surface area (Å²) >= 11 is 0. The predicted octanol–water partition coefficient (Wildman–Crippen LogP) is 2.87. The van der Waals surface area contributed by atoms with Crippen molar-refractivity contribution in [2.45, 2.75) is 19.2 Å². The van der Waals surface area contributed by atoms with Crippen molar-refractivity contribution in [3.63, 3.8) is 0 Å². The van der Waals surface area contributed by atoms with E-state index in [-0.39, 0.29) is 12.2 Å². The summed E-state index contributed by atoms with van der Waals surface area (Å²) in [4.78, 5) is 10.8. The molecule has 0 bridgehead atoms. The summed E-state index contributed by atoms with van der Waals surface area (Å²) in [5, 5.41) is 8.84. The topological polar surface area (TPSA) is 46.5 Å². The number of alkyl halides is 3. The Hall–Kier alpha value is -1.56. The predicted molar refractivity (Wildman–Crippen MR) is 53.4 cm³/mol. The molecular weight excluding hydrogens is 237 g/mol. The van der Waals surface area contributed by atoms with E-state index in [0.29, 0.717) is 0 Å². The van der Waals surface area contributed by atoms with Gasteiger partial charge in [0.1, 0.15) is 0 Å². The number of aliphatic carboxylic acids is 1. The molecule has 6 heteroatoms. The van der Waals surface area contributed by atoms with E-state index in [9.17, 15) is 18.0 Å². The average molecular weight is 248 g/mol. The molecule has 1 aromatic carbocycles. The molecule has 0 aliphatic heterocycles. The van der Waals surface area contributed by atoms with Crippen LogP contribution in [-0.2, 0) is 15.7 Å². The Morgan fingerprint density at radius 3 is 2.24 bits per heavy atom. The maximum absolute atomic E-state index is 12.3. The maximum Gasteiger partial charge on any atom is 0.416 e.